The van der Waals surface area contributed by atoms with Gasteiger partial charge < -0.3 is 15.4 Å². The molecule has 0 unspecified atom stereocenters. The van der Waals surface area contributed by atoms with Gasteiger partial charge in [-0.1, -0.05) is 13.8 Å². The van der Waals surface area contributed by atoms with Gasteiger partial charge in [0.15, 0.2) is 0 Å². The summed E-state index contributed by atoms with van der Waals surface area (Å²) in [6.45, 7) is 8.41. The molecule has 4 heteroatoms. The van der Waals surface area contributed by atoms with E-state index in [1.807, 2.05) is 0 Å². The Kier molecular flexibility index (Phi) is 5.40. The Morgan fingerprint density at radius 1 is 1.47 bits per heavy atom. The smallest absolute Gasteiger partial charge is 0.0911 e. The van der Waals surface area contributed by atoms with Crippen LogP contribution in [0.2, 0.25) is 0 Å². The summed E-state index contributed by atoms with van der Waals surface area (Å²) < 4.78 is 5.16. The van der Waals surface area contributed by atoms with E-state index in [4.69, 9.17) is 15.9 Å². The second-order valence-electron chi connectivity index (χ2n) is 5.82. The fraction of sp³-hybridized carbons (Fsp3) is 0.923. The molecule has 100 valence electrons. The van der Waals surface area contributed by atoms with E-state index in [2.05, 4.69) is 18.7 Å². The summed E-state index contributed by atoms with van der Waals surface area (Å²) in [7, 11) is 1.75. The SMILES string of the molecule is COCCN(CC(C)C)CC1(CC(=N)N)CC1. The van der Waals surface area contributed by atoms with Gasteiger partial charge >= 0.3 is 0 Å². The molecule has 0 aromatic rings. The Bertz CT molecular complexity index is 249. The third-order valence-electron chi connectivity index (χ3n) is 3.32. The van der Waals surface area contributed by atoms with Crippen LogP contribution in [-0.2, 0) is 4.74 Å². The van der Waals surface area contributed by atoms with Crippen LogP contribution in [0.15, 0.2) is 0 Å². The van der Waals surface area contributed by atoms with Crippen LogP contribution in [0.1, 0.15) is 33.1 Å². The molecular formula is C13H27N3O. The summed E-state index contributed by atoms with van der Waals surface area (Å²) in [6.07, 6.45) is 3.19. The molecule has 0 aromatic heterocycles. The number of rotatable bonds is 9. The number of nitrogens with two attached hydrogens (primary N) is 1. The molecule has 17 heavy (non-hydrogen) atoms. The van der Waals surface area contributed by atoms with E-state index >= 15 is 0 Å². The maximum absolute atomic E-state index is 7.45. The van der Waals surface area contributed by atoms with E-state index in [9.17, 15) is 0 Å². The third-order valence-corrected chi connectivity index (χ3v) is 3.32. The molecule has 3 N–H and O–H groups in total. The number of hydrogen-bond donors (Lipinski definition) is 2. The monoisotopic (exact) mass is 241 g/mol. The molecule has 1 fully saturated rings. The van der Waals surface area contributed by atoms with Gasteiger partial charge in [0.25, 0.3) is 0 Å². The molecule has 0 radical (unpaired) electrons. The number of nitrogens with one attached hydrogen (secondary N) is 1. The first-order valence-electron chi connectivity index (χ1n) is 6.51. The maximum atomic E-state index is 7.45. The van der Waals surface area contributed by atoms with E-state index in [1.54, 1.807) is 7.11 Å². The lowest BCUT2D eigenvalue weighted by molar-refractivity contribution is 0.125. The van der Waals surface area contributed by atoms with Gasteiger partial charge in [0.1, 0.15) is 0 Å². The lowest BCUT2D eigenvalue weighted by atomic mass is 10.0. The van der Waals surface area contributed by atoms with Crippen LogP contribution in [0.5, 0.6) is 0 Å². The molecule has 0 aliphatic heterocycles. The summed E-state index contributed by atoms with van der Waals surface area (Å²) in [4.78, 5) is 2.46. The molecule has 0 amide bonds. The molecule has 0 spiro atoms. The van der Waals surface area contributed by atoms with Gasteiger partial charge in [-0.05, 0) is 24.2 Å². The predicted octanol–water partition coefficient (Wildman–Crippen LogP) is 1.70. The molecule has 1 rings (SSSR count). The highest BCUT2D eigenvalue weighted by Crippen LogP contribution is 2.49. The van der Waals surface area contributed by atoms with E-state index in [0.717, 1.165) is 32.7 Å². The van der Waals surface area contributed by atoms with Crippen LogP contribution >= 0.6 is 0 Å². The Labute approximate surface area is 105 Å². The van der Waals surface area contributed by atoms with Gasteiger partial charge in [0.2, 0.25) is 0 Å². The number of ether oxygens (including phenoxy) is 1. The first kappa shape index (κ1) is 14.5. The Balaban J connectivity index is 2.44. The zero-order valence-corrected chi connectivity index (χ0v) is 11.5. The molecule has 0 atom stereocenters. The Morgan fingerprint density at radius 3 is 2.53 bits per heavy atom. The number of methoxy groups -OCH3 is 1. The van der Waals surface area contributed by atoms with Crippen molar-refractivity contribution in [1.29, 1.82) is 5.41 Å². The van der Waals surface area contributed by atoms with E-state index in [0.29, 0.717) is 17.2 Å². The van der Waals surface area contributed by atoms with Crippen LogP contribution < -0.4 is 5.73 Å². The van der Waals surface area contributed by atoms with Gasteiger partial charge in [-0.3, -0.25) is 5.41 Å². The predicted molar refractivity (Wildman–Crippen MR) is 71.4 cm³/mol. The molecule has 1 aliphatic rings. The average Bonchev–Trinajstić information content (AvgIpc) is 2.92. The first-order valence-corrected chi connectivity index (χ1v) is 6.51. The number of amidine groups is 1. The van der Waals surface area contributed by atoms with Crippen LogP contribution in [0.3, 0.4) is 0 Å². The fourth-order valence-corrected chi connectivity index (χ4v) is 2.42. The van der Waals surface area contributed by atoms with Gasteiger partial charge in [-0.15, -0.1) is 0 Å². The van der Waals surface area contributed by atoms with Crippen molar-refractivity contribution in [1.82, 2.24) is 4.90 Å². The topological polar surface area (TPSA) is 62.3 Å². The molecule has 1 saturated carbocycles. The lowest BCUT2D eigenvalue weighted by Gasteiger charge is -2.28. The minimum Gasteiger partial charge on any atom is -0.388 e. The highest BCUT2D eigenvalue weighted by molar-refractivity contribution is 5.78. The van der Waals surface area contributed by atoms with Crippen molar-refractivity contribution in [3.05, 3.63) is 0 Å². The van der Waals surface area contributed by atoms with E-state index < -0.39 is 0 Å². The largest absolute Gasteiger partial charge is 0.388 e. The molecule has 0 bridgehead atoms. The van der Waals surface area contributed by atoms with E-state index in [1.165, 1.54) is 12.8 Å². The van der Waals surface area contributed by atoms with Gasteiger partial charge in [0, 0.05) is 33.2 Å². The summed E-state index contributed by atoms with van der Waals surface area (Å²) in [6, 6.07) is 0. The van der Waals surface area contributed by atoms with Crippen molar-refractivity contribution in [2.75, 3.05) is 33.4 Å². The highest BCUT2D eigenvalue weighted by Gasteiger charge is 2.44. The van der Waals surface area contributed by atoms with E-state index in [-0.39, 0.29) is 0 Å². The molecule has 4 nitrogen and oxygen atoms in total. The van der Waals surface area contributed by atoms with Crippen LogP contribution in [0.4, 0.5) is 0 Å². The zero-order chi connectivity index (χ0) is 12.9. The quantitative estimate of drug-likeness (QED) is 0.477. The standard InChI is InChI=1S/C13H27N3O/c1-11(2)9-16(6-7-17-3)10-13(4-5-13)8-12(14)15/h11H,4-10H2,1-3H3,(H3,14,15). The van der Waals surface area contributed by atoms with Crippen molar-refractivity contribution in [2.24, 2.45) is 17.1 Å². The van der Waals surface area contributed by atoms with Crippen molar-refractivity contribution < 1.29 is 4.74 Å². The van der Waals surface area contributed by atoms with Crippen molar-refractivity contribution >= 4 is 5.84 Å². The maximum Gasteiger partial charge on any atom is 0.0911 e. The van der Waals surface area contributed by atoms with Gasteiger partial charge in [-0.25, -0.2) is 0 Å². The van der Waals surface area contributed by atoms with Gasteiger partial charge in [-0.2, -0.15) is 0 Å². The van der Waals surface area contributed by atoms with Crippen molar-refractivity contribution in [2.45, 2.75) is 33.1 Å². The lowest BCUT2D eigenvalue weighted by Crippen LogP contribution is -2.37. The average molecular weight is 241 g/mol. The number of hydrogen-bond acceptors (Lipinski definition) is 3. The Hall–Kier alpha value is -0.610. The van der Waals surface area contributed by atoms with Crippen LogP contribution in [0.25, 0.3) is 0 Å². The molecule has 0 heterocycles. The van der Waals surface area contributed by atoms with Crippen LogP contribution in [-0.4, -0.2) is 44.1 Å². The Morgan fingerprint density at radius 2 is 2.12 bits per heavy atom. The molecular weight excluding hydrogens is 214 g/mol. The third kappa shape index (κ3) is 5.50. The fourth-order valence-electron chi connectivity index (χ4n) is 2.42. The zero-order valence-electron chi connectivity index (χ0n) is 11.5. The molecule has 0 aromatic carbocycles. The van der Waals surface area contributed by atoms with Crippen molar-refractivity contribution in [3.8, 4) is 0 Å². The first-order chi connectivity index (χ1) is 7.97. The number of nitrogens with zero attached hydrogens (tertiary/aromatic N) is 1. The summed E-state index contributed by atoms with van der Waals surface area (Å²) in [5, 5.41) is 7.45. The second kappa shape index (κ2) is 6.36. The molecule has 0 saturated heterocycles. The summed E-state index contributed by atoms with van der Waals surface area (Å²) in [5.41, 5.74) is 5.84. The van der Waals surface area contributed by atoms with Crippen molar-refractivity contribution in [3.63, 3.8) is 0 Å². The minimum atomic E-state index is 0.300. The van der Waals surface area contributed by atoms with Crippen LogP contribution in [0, 0.1) is 16.7 Å². The minimum absolute atomic E-state index is 0.300. The normalized spacial score (nSPS) is 17.7. The second-order valence-corrected chi connectivity index (χ2v) is 5.82. The molecule has 1 aliphatic carbocycles. The highest BCUT2D eigenvalue weighted by atomic mass is 16.5. The van der Waals surface area contributed by atoms with Gasteiger partial charge in [0.05, 0.1) is 12.4 Å². The summed E-state index contributed by atoms with van der Waals surface area (Å²) in [5.74, 6) is 0.999. The summed E-state index contributed by atoms with van der Waals surface area (Å²) >= 11 is 0.